The summed E-state index contributed by atoms with van der Waals surface area (Å²) in [6, 6.07) is 0.409. The summed E-state index contributed by atoms with van der Waals surface area (Å²) in [5.74, 6) is -0.654. The monoisotopic (exact) mass is 659 g/mol. The van der Waals surface area contributed by atoms with Crippen LogP contribution < -0.4 is 0 Å². The van der Waals surface area contributed by atoms with Crippen LogP contribution in [0.15, 0.2) is 29.2 Å². The molecule has 1 aromatic carbocycles. The third kappa shape index (κ3) is 21.0. The Morgan fingerprint density at radius 1 is 0.667 bits per heavy atom. The molecule has 0 saturated carbocycles. The van der Waals surface area contributed by atoms with Crippen LogP contribution in [0, 0.1) is 30.3 Å². The van der Waals surface area contributed by atoms with Gasteiger partial charge in [0.25, 0.3) is 5.69 Å². The van der Waals surface area contributed by atoms with Gasteiger partial charge in [-0.25, -0.2) is 0 Å². The maximum Gasteiger partial charge on any atom is 0.308 e. The molecule has 0 aliphatic carbocycles. The number of benzene rings is 1. The average molecular weight is 660 g/mol. The van der Waals surface area contributed by atoms with Gasteiger partial charge in [-0.05, 0) is 32.1 Å². The van der Waals surface area contributed by atoms with Crippen molar-refractivity contribution in [1.29, 1.82) is 0 Å². The Hall–Kier alpha value is -3.46. The number of rotatable bonds is 25. The minimum atomic E-state index is -5.30. The maximum atomic E-state index is 10.9. The molecular weight excluding hydrogens is 610 g/mol. The molecule has 0 aliphatic rings. The van der Waals surface area contributed by atoms with Crippen LogP contribution in [0.3, 0.4) is 0 Å². The molecule has 1 rings (SSSR count). The lowest BCUT2D eigenvalue weighted by Crippen LogP contribution is -2.08. The van der Waals surface area contributed by atoms with Gasteiger partial charge in [-0.1, -0.05) is 109 Å². The van der Waals surface area contributed by atoms with Crippen molar-refractivity contribution >= 4 is 33.1 Å². The minimum Gasteiger partial charge on any atom is -0.481 e. The molecule has 0 saturated heterocycles. The first-order valence-electron chi connectivity index (χ1n) is 15.8. The average Bonchev–Trinajstić information content (AvgIpc) is 2.96. The Morgan fingerprint density at radius 3 is 1.33 bits per heavy atom. The molecule has 0 unspecified atom stereocenters. The number of carboxylic acid groups (broad SMARTS) is 1. The largest absolute Gasteiger partial charge is 0.481 e. The van der Waals surface area contributed by atoms with Gasteiger partial charge in [-0.3, -0.25) is 39.7 Å². The van der Waals surface area contributed by atoms with Crippen LogP contribution in [0.2, 0.25) is 0 Å². The normalized spacial score (nSPS) is 11.2. The highest BCUT2D eigenvalue weighted by Gasteiger charge is 2.37. The van der Waals surface area contributed by atoms with Crippen molar-refractivity contribution in [3.8, 4) is 0 Å². The van der Waals surface area contributed by atoms with Crippen molar-refractivity contribution in [2.45, 2.75) is 140 Å². The SMILES string of the molecule is CCCCCCCCC=CCCCCCCCCCCCCCC(=O)O.O=[N+]([O-])c1cc([N+](=O)[O-])c(S(=O)(=O)O)c([N+](=O)[O-])c1. The van der Waals surface area contributed by atoms with Gasteiger partial charge in [0.15, 0.2) is 0 Å². The van der Waals surface area contributed by atoms with Gasteiger partial charge in [0.1, 0.15) is 0 Å². The highest BCUT2D eigenvalue weighted by Crippen LogP contribution is 2.36. The molecule has 15 heteroatoms. The Kier molecular flexibility index (Phi) is 22.9. The fraction of sp³-hybridized carbons (Fsp3) is 0.700. The summed E-state index contributed by atoms with van der Waals surface area (Å²) in [5.41, 5.74) is -3.96. The lowest BCUT2D eigenvalue weighted by molar-refractivity contribution is -0.407. The predicted octanol–water partition coefficient (Wildman–Crippen LogP) is 9.11. The predicted molar refractivity (Wildman–Crippen MR) is 171 cm³/mol. The van der Waals surface area contributed by atoms with Gasteiger partial charge in [-0.15, -0.1) is 0 Å². The molecule has 256 valence electrons. The van der Waals surface area contributed by atoms with Gasteiger partial charge in [-0.2, -0.15) is 8.42 Å². The Balaban J connectivity index is 0.000000900. The molecule has 0 spiro atoms. The molecule has 0 aliphatic heterocycles. The third-order valence-electron chi connectivity index (χ3n) is 7.05. The number of nitro groups is 3. The summed E-state index contributed by atoms with van der Waals surface area (Å²) in [6.07, 6.45) is 30.1. The number of non-ortho nitro benzene ring substituents is 1. The Morgan fingerprint density at radius 2 is 1.02 bits per heavy atom. The van der Waals surface area contributed by atoms with E-state index in [0.29, 0.717) is 6.42 Å². The molecule has 14 nitrogen and oxygen atoms in total. The molecule has 0 heterocycles. The zero-order valence-electron chi connectivity index (χ0n) is 26.3. The first kappa shape index (κ1) is 41.5. The summed E-state index contributed by atoms with van der Waals surface area (Å²) in [4.78, 5) is 36.5. The van der Waals surface area contributed by atoms with Crippen molar-refractivity contribution < 1.29 is 37.6 Å². The van der Waals surface area contributed by atoms with Gasteiger partial charge in [0.2, 0.25) is 4.90 Å². The minimum absolute atomic E-state index is 0.204. The zero-order valence-corrected chi connectivity index (χ0v) is 27.1. The standard InChI is InChI=1S/C24H46O2.C6H3N3O9S/c1-2-3-4-5-6-7-8-9-10-11-12-13-14-15-16-17-18-19-20-21-22-23-24(25)26;10-7(11)3-1-4(8(12)13)6(19(16,17)18)5(2-3)9(14)15/h9-10H,2-8,11-23H2,1H3,(H,25,26);1-2H,(H,16,17,18). The number of carbonyl (C=O) groups is 1. The topological polar surface area (TPSA) is 221 Å². The van der Waals surface area contributed by atoms with Crippen molar-refractivity contribution in [2.24, 2.45) is 0 Å². The molecule has 2 N–H and O–H groups in total. The number of nitrogens with zero attached hydrogens (tertiary/aromatic N) is 3. The van der Waals surface area contributed by atoms with E-state index in [1.54, 1.807) is 0 Å². The van der Waals surface area contributed by atoms with Crippen LogP contribution in [0.25, 0.3) is 0 Å². The fourth-order valence-corrected chi connectivity index (χ4v) is 5.43. The van der Waals surface area contributed by atoms with Gasteiger partial charge in [0, 0.05) is 6.42 Å². The van der Waals surface area contributed by atoms with E-state index < -0.39 is 52.8 Å². The van der Waals surface area contributed by atoms with Crippen LogP contribution in [0.1, 0.15) is 135 Å². The number of hydrogen-bond acceptors (Lipinski definition) is 9. The number of hydrogen-bond donors (Lipinski definition) is 2. The molecule has 1 aromatic rings. The zero-order chi connectivity index (χ0) is 34.1. The van der Waals surface area contributed by atoms with E-state index in [0.717, 1.165) is 12.8 Å². The van der Waals surface area contributed by atoms with Crippen molar-refractivity contribution in [2.75, 3.05) is 0 Å². The Bertz CT molecular complexity index is 1150. The summed E-state index contributed by atoms with van der Waals surface area (Å²) < 4.78 is 30.7. The van der Waals surface area contributed by atoms with Crippen molar-refractivity contribution in [1.82, 2.24) is 0 Å². The second kappa shape index (κ2) is 24.8. The fourth-order valence-electron chi connectivity index (χ4n) is 4.63. The van der Waals surface area contributed by atoms with Crippen LogP contribution in [-0.4, -0.2) is 38.8 Å². The first-order valence-corrected chi connectivity index (χ1v) is 17.2. The molecule has 0 amide bonds. The van der Waals surface area contributed by atoms with E-state index in [1.807, 2.05) is 0 Å². The number of aliphatic carboxylic acids is 1. The van der Waals surface area contributed by atoms with Crippen molar-refractivity contribution in [3.05, 3.63) is 54.6 Å². The molecular formula is C30H49N3O11S. The van der Waals surface area contributed by atoms with Crippen LogP contribution >= 0.6 is 0 Å². The summed E-state index contributed by atoms with van der Waals surface area (Å²) >= 11 is 0. The van der Waals surface area contributed by atoms with E-state index in [4.69, 9.17) is 9.66 Å². The quantitative estimate of drug-likeness (QED) is 0.0331. The van der Waals surface area contributed by atoms with E-state index >= 15 is 0 Å². The maximum absolute atomic E-state index is 10.9. The van der Waals surface area contributed by atoms with Crippen molar-refractivity contribution in [3.63, 3.8) is 0 Å². The van der Waals surface area contributed by atoms with Crippen LogP contribution in [0.5, 0.6) is 0 Å². The molecule has 0 atom stereocenters. The third-order valence-corrected chi connectivity index (χ3v) is 7.98. The van der Waals surface area contributed by atoms with E-state index in [1.165, 1.54) is 109 Å². The van der Waals surface area contributed by atoms with Crippen LogP contribution in [0.4, 0.5) is 17.1 Å². The highest BCUT2D eigenvalue weighted by atomic mass is 32.2. The van der Waals surface area contributed by atoms with Crippen LogP contribution in [-0.2, 0) is 14.9 Å². The lowest BCUT2D eigenvalue weighted by Gasteiger charge is -2.02. The Labute approximate surface area is 265 Å². The highest BCUT2D eigenvalue weighted by molar-refractivity contribution is 7.86. The number of nitro benzene ring substituents is 3. The smallest absolute Gasteiger partial charge is 0.308 e. The second-order valence-corrected chi connectivity index (χ2v) is 12.3. The van der Waals surface area contributed by atoms with Gasteiger partial charge >= 0.3 is 27.5 Å². The number of carboxylic acids is 1. The molecule has 45 heavy (non-hydrogen) atoms. The first-order chi connectivity index (χ1) is 21.3. The number of allylic oxidation sites excluding steroid dienone is 2. The lowest BCUT2D eigenvalue weighted by atomic mass is 10.0. The summed E-state index contributed by atoms with van der Waals surface area (Å²) in [6.45, 7) is 2.28. The molecule has 0 fully saturated rings. The van der Waals surface area contributed by atoms with E-state index in [2.05, 4.69) is 19.1 Å². The molecule has 0 radical (unpaired) electrons. The second-order valence-electron chi connectivity index (χ2n) is 10.9. The summed E-state index contributed by atoms with van der Waals surface area (Å²) in [5, 5.41) is 40.2. The van der Waals surface area contributed by atoms with Gasteiger partial charge < -0.3 is 5.11 Å². The summed E-state index contributed by atoms with van der Waals surface area (Å²) in [7, 11) is -5.30. The molecule has 0 aromatic heterocycles. The molecule has 0 bridgehead atoms. The van der Waals surface area contributed by atoms with E-state index in [-0.39, 0.29) is 12.1 Å². The van der Waals surface area contributed by atoms with Gasteiger partial charge in [0.05, 0.1) is 26.9 Å². The van der Waals surface area contributed by atoms with E-state index in [9.17, 15) is 43.6 Å². The number of unbranched alkanes of at least 4 members (excludes halogenated alkanes) is 17.